The number of nitrogens with one attached hydrogen (secondary N) is 1. The Morgan fingerprint density at radius 3 is 2.96 bits per heavy atom. The van der Waals surface area contributed by atoms with Crippen LogP contribution in [0.4, 0.5) is 0 Å². The molecule has 4 rings (SSSR count). The number of ether oxygens (including phenoxy) is 1. The van der Waals surface area contributed by atoms with Crippen molar-refractivity contribution in [1.82, 2.24) is 29.9 Å². The maximum absolute atomic E-state index is 5.92. The molecule has 4 heterocycles. The minimum atomic E-state index is 0.00578. The number of aryl methyl sites for hydroxylation is 1. The molecular weight excluding hydrogens is 304 g/mol. The molecule has 0 radical (unpaired) electrons. The lowest BCUT2D eigenvalue weighted by Gasteiger charge is -2.32. The van der Waals surface area contributed by atoms with E-state index in [4.69, 9.17) is 4.74 Å². The van der Waals surface area contributed by atoms with Gasteiger partial charge in [0.1, 0.15) is 6.10 Å². The van der Waals surface area contributed by atoms with Crippen LogP contribution in [-0.4, -0.2) is 49.6 Å². The highest BCUT2D eigenvalue weighted by Gasteiger charge is 2.23. The van der Waals surface area contributed by atoms with Gasteiger partial charge in [0, 0.05) is 56.4 Å². The molecular formula is C17H20N6O. The smallest absolute Gasteiger partial charge is 0.112 e. The molecule has 0 aromatic carbocycles. The Balaban J connectivity index is 1.43. The SMILES string of the molecule is Cn1cc(CN2CCOC(c3ccc(-c4ccn[nH]4)cn3)C2)cn1. The Morgan fingerprint density at radius 1 is 1.29 bits per heavy atom. The number of rotatable bonds is 4. The maximum Gasteiger partial charge on any atom is 0.112 e. The molecule has 1 saturated heterocycles. The summed E-state index contributed by atoms with van der Waals surface area (Å²) >= 11 is 0. The summed E-state index contributed by atoms with van der Waals surface area (Å²) in [7, 11) is 1.94. The Bertz CT molecular complexity index is 780. The topological polar surface area (TPSA) is 71.9 Å². The number of nitrogens with zero attached hydrogens (tertiary/aromatic N) is 5. The molecule has 1 atom stereocenters. The maximum atomic E-state index is 5.92. The van der Waals surface area contributed by atoms with E-state index in [0.717, 1.165) is 43.2 Å². The zero-order valence-electron chi connectivity index (χ0n) is 13.6. The second kappa shape index (κ2) is 6.54. The van der Waals surface area contributed by atoms with E-state index < -0.39 is 0 Å². The molecule has 24 heavy (non-hydrogen) atoms. The normalized spacial score (nSPS) is 18.8. The Hall–Kier alpha value is -2.51. The van der Waals surface area contributed by atoms with E-state index in [2.05, 4.69) is 37.4 Å². The monoisotopic (exact) mass is 324 g/mol. The molecule has 1 unspecified atom stereocenters. The van der Waals surface area contributed by atoms with Gasteiger partial charge in [-0.2, -0.15) is 10.2 Å². The molecule has 7 heteroatoms. The summed E-state index contributed by atoms with van der Waals surface area (Å²) in [6.07, 6.45) is 7.59. The van der Waals surface area contributed by atoms with Crippen LogP contribution in [0.5, 0.6) is 0 Å². The molecule has 7 nitrogen and oxygen atoms in total. The minimum absolute atomic E-state index is 0.00578. The fraction of sp³-hybridized carbons (Fsp3) is 0.353. The van der Waals surface area contributed by atoms with Crippen LogP contribution in [0, 0.1) is 0 Å². The lowest BCUT2D eigenvalue weighted by Crippen LogP contribution is -2.38. The van der Waals surface area contributed by atoms with E-state index in [1.807, 2.05) is 36.3 Å². The zero-order valence-corrected chi connectivity index (χ0v) is 13.6. The number of hydrogen-bond donors (Lipinski definition) is 1. The van der Waals surface area contributed by atoms with E-state index in [9.17, 15) is 0 Å². The molecule has 0 amide bonds. The highest BCUT2D eigenvalue weighted by atomic mass is 16.5. The van der Waals surface area contributed by atoms with Gasteiger partial charge in [-0.05, 0) is 18.2 Å². The van der Waals surface area contributed by atoms with Crippen molar-refractivity contribution in [1.29, 1.82) is 0 Å². The number of aromatic amines is 1. The van der Waals surface area contributed by atoms with Gasteiger partial charge in [0.2, 0.25) is 0 Å². The average Bonchev–Trinajstić information content (AvgIpc) is 3.27. The van der Waals surface area contributed by atoms with Gasteiger partial charge in [0.15, 0.2) is 0 Å². The van der Waals surface area contributed by atoms with E-state index in [1.54, 1.807) is 6.20 Å². The molecule has 3 aromatic rings. The van der Waals surface area contributed by atoms with Crippen molar-refractivity contribution in [3.63, 3.8) is 0 Å². The first-order valence-electron chi connectivity index (χ1n) is 8.05. The fourth-order valence-corrected chi connectivity index (χ4v) is 3.01. The summed E-state index contributed by atoms with van der Waals surface area (Å²) in [5, 5.41) is 11.2. The van der Waals surface area contributed by atoms with Crippen LogP contribution in [0.3, 0.4) is 0 Å². The molecule has 124 valence electrons. The lowest BCUT2D eigenvalue weighted by atomic mass is 10.1. The zero-order chi connectivity index (χ0) is 16.4. The third-order valence-corrected chi connectivity index (χ3v) is 4.24. The highest BCUT2D eigenvalue weighted by Crippen LogP contribution is 2.23. The Morgan fingerprint density at radius 2 is 2.25 bits per heavy atom. The molecule has 0 aliphatic carbocycles. The first-order valence-corrected chi connectivity index (χ1v) is 8.05. The standard InChI is InChI=1S/C17H20N6O/c1-22-10-13(8-20-22)11-23-6-7-24-17(12-23)16-3-2-14(9-18-16)15-4-5-19-21-15/h2-5,8-10,17H,6-7,11-12H2,1H3,(H,19,21). The number of H-pyrrole nitrogens is 1. The van der Waals surface area contributed by atoms with Gasteiger partial charge >= 0.3 is 0 Å². The van der Waals surface area contributed by atoms with Gasteiger partial charge in [-0.1, -0.05) is 0 Å². The third-order valence-electron chi connectivity index (χ3n) is 4.24. The van der Waals surface area contributed by atoms with Crippen LogP contribution in [0.15, 0.2) is 43.0 Å². The summed E-state index contributed by atoms with van der Waals surface area (Å²) in [5.74, 6) is 0. The second-order valence-corrected chi connectivity index (χ2v) is 6.06. The van der Waals surface area contributed by atoms with E-state index in [-0.39, 0.29) is 6.10 Å². The molecule has 1 aliphatic rings. The summed E-state index contributed by atoms with van der Waals surface area (Å²) in [6, 6.07) is 6.02. The van der Waals surface area contributed by atoms with Crippen molar-refractivity contribution in [2.24, 2.45) is 7.05 Å². The average molecular weight is 324 g/mol. The van der Waals surface area contributed by atoms with E-state index in [1.165, 1.54) is 5.56 Å². The van der Waals surface area contributed by atoms with Crippen molar-refractivity contribution >= 4 is 0 Å². The summed E-state index contributed by atoms with van der Waals surface area (Å²) in [5.41, 5.74) is 4.19. The van der Waals surface area contributed by atoms with Crippen LogP contribution in [-0.2, 0) is 18.3 Å². The molecule has 1 N–H and O–H groups in total. The largest absolute Gasteiger partial charge is 0.369 e. The number of pyridine rings is 1. The molecule has 0 bridgehead atoms. The van der Waals surface area contributed by atoms with E-state index in [0.29, 0.717) is 0 Å². The fourth-order valence-electron chi connectivity index (χ4n) is 3.01. The lowest BCUT2D eigenvalue weighted by molar-refractivity contribution is -0.0349. The predicted octanol–water partition coefficient (Wildman–Crippen LogP) is 1.78. The summed E-state index contributed by atoms with van der Waals surface area (Å²) in [4.78, 5) is 6.97. The van der Waals surface area contributed by atoms with Crippen LogP contribution in [0.25, 0.3) is 11.3 Å². The first kappa shape index (κ1) is 15.0. The van der Waals surface area contributed by atoms with Crippen LogP contribution < -0.4 is 0 Å². The van der Waals surface area contributed by atoms with Crippen molar-refractivity contribution < 1.29 is 4.74 Å². The van der Waals surface area contributed by atoms with E-state index >= 15 is 0 Å². The molecule has 0 saturated carbocycles. The highest BCUT2D eigenvalue weighted by molar-refractivity contribution is 5.57. The van der Waals surface area contributed by atoms with Gasteiger partial charge in [-0.3, -0.25) is 19.7 Å². The predicted molar refractivity (Wildman–Crippen MR) is 89.0 cm³/mol. The van der Waals surface area contributed by atoms with Crippen molar-refractivity contribution in [2.75, 3.05) is 19.7 Å². The Kier molecular flexibility index (Phi) is 4.10. The van der Waals surface area contributed by atoms with Crippen molar-refractivity contribution in [3.8, 4) is 11.3 Å². The third kappa shape index (κ3) is 3.22. The van der Waals surface area contributed by atoms with Gasteiger partial charge in [-0.25, -0.2) is 0 Å². The van der Waals surface area contributed by atoms with Crippen LogP contribution >= 0.6 is 0 Å². The van der Waals surface area contributed by atoms with Gasteiger partial charge in [0.25, 0.3) is 0 Å². The van der Waals surface area contributed by atoms with Gasteiger partial charge in [0.05, 0.1) is 24.2 Å². The quantitative estimate of drug-likeness (QED) is 0.792. The van der Waals surface area contributed by atoms with Gasteiger partial charge in [-0.15, -0.1) is 0 Å². The van der Waals surface area contributed by atoms with Crippen molar-refractivity contribution in [3.05, 3.63) is 54.2 Å². The van der Waals surface area contributed by atoms with Crippen LogP contribution in [0.1, 0.15) is 17.4 Å². The number of morpholine rings is 1. The number of hydrogen-bond acceptors (Lipinski definition) is 5. The van der Waals surface area contributed by atoms with Crippen LogP contribution in [0.2, 0.25) is 0 Å². The number of aromatic nitrogens is 5. The summed E-state index contributed by atoms with van der Waals surface area (Å²) in [6.45, 7) is 3.37. The Labute approximate surface area is 140 Å². The molecule has 0 spiro atoms. The van der Waals surface area contributed by atoms with Crippen molar-refractivity contribution in [2.45, 2.75) is 12.6 Å². The summed E-state index contributed by atoms with van der Waals surface area (Å²) < 4.78 is 7.76. The molecule has 1 fully saturated rings. The molecule has 3 aromatic heterocycles. The molecule has 1 aliphatic heterocycles. The minimum Gasteiger partial charge on any atom is -0.369 e. The van der Waals surface area contributed by atoms with Gasteiger partial charge < -0.3 is 4.74 Å². The first-order chi connectivity index (χ1) is 11.8. The second-order valence-electron chi connectivity index (χ2n) is 6.06.